The Morgan fingerprint density at radius 1 is 1.11 bits per heavy atom. The Labute approximate surface area is 166 Å². The summed E-state index contributed by atoms with van der Waals surface area (Å²) in [7, 11) is 0. The maximum absolute atomic E-state index is 12.1. The van der Waals surface area contributed by atoms with Crippen molar-refractivity contribution in [1.82, 2.24) is 15.5 Å². The number of nitrogens with zero attached hydrogens (tertiary/aromatic N) is 3. The van der Waals surface area contributed by atoms with Gasteiger partial charge in [0.1, 0.15) is 5.69 Å². The summed E-state index contributed by atoms with van der Waals surface area (Å²) >= 11 is 1.53. The number of nitrogens with one attached hydrogen (secondary N) is 2. The van der Waals surface area contributed by atoms with Gasteiger partial charge in [0.2, 0.25) is 5.91 Å². The highest BCUT2D eigenvalue weighted by atomic mass is 32.1. The number of piperazine rings is 1. The number of imide groups is 1. The van der Waals surface area contributed by atoms with Crippen LogP contribution < -0.4 is 15.5 Å². The number of nitro groups is 1. The molecule has 1 aromatic carbocycles. The predicted octanol–water partition coefficient (Wildman–Crippen LogP) is 1.80. The highest BCUT2D eigenvalue weighted by Gasteiger charge is 2.24. The Kier molecular flexibility index (Phi) is 6.56. The van der Waals surface area contributed by atoms with Gasteiger partial charge in [-0.1, -0.05) is 18.2 Å². The second-order valence-electron chi connectivity index (χ2n) is 6.32. The van der Waals surface area contributed by atoms with E-state index in [1.54, 1.807) is 18.2 Å². The molecular weight excluding hydrogens is 382 g/mol. The second kappa shape index (κ2) is 9.29. The van der Waals surface area contributed by atoms with Gasteiger partial charge < -0.3 is 10.2 Å². The maximum atomic E-state index is 12.1. The molecule has 0 spiro atoms. The van der Waals surface area contributed by atoms with Crippen LogP contribution in [0.25, 0.3) is 0 Å². The fourth-order valence-electron chi connectivity index (χ4n) is 3.03. The smallest absolute Gasteiger partial charge is 0.321 e. The third-order valence-corrected chi connectivity index (χ3v) is 5.29. The van der Waals surface area contributed by atoms with Gasteiger partial charge in [-0.3, -0.25) is 25.1 Å². The fourth-order valence-corrected chi connectivity index (χ4v) is 3.67. The normalized spacial score (nSPS) is 14.5. The van der Waals surface area contributed by atoms with Crippen LogP contribution in [0.5, 0.6) is 0 Å². The molecule has 148 valence electrons. The number of carbonyl (C=O) groups excluding carboxylic acids is 2. The van der Waals surface area contributed by atoms with E-state index in [1.807, 2.05) is 27.3 Å². The van der Waals surface area contributed by atoms with Gasteiger partial charge in [-0.05, 0) is 17.5 Å². The Balaban J connectivity index is 1.43. The van der Waals surface area contributed by atoms with Crippen LogP contribution in [0, 0.1) is 10.1 Å². The zero-order chi connectivity index (χ0) is 19.9. The van der Waals surface area contributed by atoms with Crippen molar-refractivity contribution in [2.24, 2.45) is 0 Å². The number of urea groups is 1. The molecule has 9 nitrogen and oxygen atoms in total. The molecule has 0 unspecified atom stereocenters. The van der Waals surface area contributed by atoms with Gasteiger partial charge in [-0.25, -0.2) is 4.79 Å². The molecule has 1 aliphatic heterocycles. The minimum Gasteiger partial charge on any atom is -0.363 e. The minimum absolute atomic E-state index is 0.0797. The molecule has 1 aliphatic rings. The summed E-state index contributed by atoms with van der Waals surface area (Å²) in [5, 5.41) is 18.1. The lowest BCUT2D eigenvalue weighted by Gasteiger charge is -2.35. The van der Waals surface area contributed by atoms with Crippen molar-refractivity contribution < 1.29 is 14.5 Å². The second-order valence-corrected chi connectivity index (χ2v) is 7.35. The number of rotatable bonds is 6. The van der Waals surface area contributed by atoms with E-state index in [0.717, 1.165) is 4.88 Å². The van der Waals surface area contributed by atoms with Crippen LogP contribution in [0.1, 0.15) is 4.88 Å². The Bertz CT molecular complexity index is 834. The summed E-state index contributed by atoms with van der Waals surface area (Å²) in [6.07, 6.45) is 0. The van der Waals surface area contributed by atoms with E-state index in [-0.39, 0.29) is 23.1 Å². The van der Waals surface area contributed by atoms with Crippen molar-refractivity contribution in [2.75, 3.05) is 37.6 Å². The molecule has 2 heterocycles. The van der Waals surface area contributed by atoms with Crippen molar-refractivity contribution >= 4 is 34.6 Å². The van der Waals surface area contributed by atoms with Gasteiger partial charge >= 0.3 is 6.03 Å². The van der Waals surface area contributed by atoms with E-state index in [4.69, 9.17) is 0 Å². The Morgan fingerprint density at radius 3 is 2.54 bits per heavy atom. The van der Waals surface area contributed by atoms with Gasteiger partial charge in [0.15, 0.2) is 0 Å². The predicted molar refractivity (Wildman–Crippen MR) is 106 cm³/mol. The maximum Gasteiger partial charge on any atom is 0.321 e. The summed E-state index contributed by atoms with van der Waals surface area (Å²) in [6.45, 7) is 2.79. The summed E-state index contributed by atoms with van der Waals surface area (Å²) < 4.78 is 0. The number of thiophene rings is 1. The molecule has 0 saturated carbocycles. The first-order valence-corrected chi connectivity index (χ1v) is 9.71. The lowest BCUT2D eigenvalue weighted by molar-refractivity contribution is -0.384. The first-order valence-electron chi connectivity index (χ1n) is 8.83. The van der Waals surface area contributed by atoms with Crippen LogP contribution in [0.4, 0.5) is 16.2 Å². The molecule has 1 saturated heterocycles. The van der Waals surface area contributed by atoms with Crippen LogP contribution in [-0.2, 0) is 11.3 Å². The number of hydrogen-bond acceptors (Lipinski definition) is 7. The van der Waals surface area contributed by atoms with E-state index < -0.39 is 6.03 Å². The molecule has 3 amide bonds. The van der Waals surface area contributed by atoms with Gasteiger partial charge in [0, 0.05) is 37.1 Å². The lowest BCUT2D eigenvalue weighted by Crippen LogP contribution is -2.51. The average Bonchev–Trinajstić information content (AvgIpc) is 3.20. The topological polar surface area (TPSA) is 108 Å². The van der Waals surface area contributed by atoms with Crippen molar-refractivity contribution in [3.8, 4) is 0 Å². The van der Waals surface area contributed by atoms with Crippen LogP contribution in [0.15, 0.2) is 41.8 Å². The monoisotopic (exact) mass is 403 g/mol. The van der Waals surface area contributed by atoms with Crippen molar-refractivity contribution in [3.63, 3.8) is 0 Å². The van der Waals surface area contributed by atoms with E-state index in [9.17, 15) is 19.7 Å². The number of carbonyl (C=O) groups is 2. The molecule has 2 N–H and O–H groups in total. The summed E-state index contributed by atoms with van der Waals surface area (Å²) in [6, 6.07) is 9.93. The molecular formula is C18H21N5O4S. The zero-order valence-electron chi connectivity index (χ0n) is 15.2. The van der Waals surface area contributed by atoms with E-state index in [1.165, 1.54) is 17.4 Å². The molecule has 0 radical (unpaired) electrons. The highest BCUT2D eigenvalue weighted by molar-refractivity contribution is 7.09. The number of anilines is 1. The summed E-state index contributed by atoms with van der Waals surface area (Å²) in [5.41, 5.74) is 0.667. The number of nitro benzene ring substituents is 1. The van der Waals surface area contributed by atoms with Crippen LogP contribution in [0.2, 0.25) is 0 Å². The molecule has 0 atom stereocenters. The summed E-state index contributed by atoms with van der Waals surface area (Å²) in [4.78, 5) is 39.5. The number of benzene rings is 1. The van der Waals surface area contributed by atoms with Crippen LogP contribution in [-0.4, -0.2) is 54.5 Å². The van der Waals surface area contributed by atoms with Crippen LogP contribution in [0.3, 0.4) is 0 Å². The van der Waals surface area contributed by atoms with Crippen molar-refractivity contribution in [3.05, 3.63) is 56.8 Å². The van der Waals surface area contributed by atoms with Crippen LogP contribution >= 0.6 is 11.3 Å². The average molecular weight is 403 g/mol. The Morgan fingerprint density at radius 2 is 1.86 bits per heavy atom. The summed E-state index contributed by atoms with van der Waals surface area (Å²) in [5.74, 6) is -0.372. The first-order chi connectivity index (χ1) is 13.5. The Hall–Kier alpha value is -2.98. The SMILES string of the molecule is O=C(CN1CCN(c2ccccc2[N+](=O)[O-])CC1)NC(=O)NCc1cccs1. The third kappa shape index (κ3) is 5.27. The lowest BCUT2D eigenvalue weighted by atomic mass is 10.2. The number of amides is 3. The van der Waals surface area contributed by atoms with Crippen molar-refractivity contribution in [2.45, 2.75) is 6.54 Å². The van der Waals surface area contributed by atoms with E-state index in [2.05, 4.69) is 10.6 Å². The number of hydrogen-bond donors (Lipinski definition) is 2. The molecule has 10 heteroatoms. The van der Waals surface area contributed by atoms with Gasteiger partial charge in [0.05, 0.1) is 18.0 Å². The quantitative estimate of drug-likeness (QED) is 0.563. The molecule has 0 aliphatic carbocycles. The minimum atomic E-state index is -0.517. The third-order valence-electron chi connectivity index (χ3n) is 4.41. The molecule has 1 fully saturated rings. The van der Waals surface area contributed by atoms with E-state index >= 15 is 0 Å². The number of para-hydroxylation sites is 2. The van der Waals surface area contributed by atoms with E-state index in [0.29, 0.717) is 38.4 Å². The first kappa shape index (κ1) is 19.8. The standard InChI is InChI=1S/C18H21N5O4S/c24-17(20-18(25)19-12-14-4-3-11-28-14)13-21-7-9-22(10-8-21)15-5-1-2-6-16(15)23(26)27/h1-6,11H,7-10,12-13H2,(H2,19,20,24,25). The van der Waals surface area contributed by atoms with Gasteiger partial charge in [-0.2, -0.15) is 0 Å². The zero-order valence-corrected chi connectivity index (χ0v) is 16.0. The molecule has 28 heavy (non-hydrogen) atoms. The molecule has 3 rings (SSSR count). The largest absolute Gasteiger partial charge is 0.363 e. The van der Waals surface area contributed by atoms with Crippen molar-refractivity contribution in [1.29, 1.82) is 0 Å². The molecule has 0 bridgehead atoms. The molecule has 2 aromatic rings. The molecule has 1 aromatic heterocycles. The van der Waals surface area contributed by atoms with Gasteiger partial charge in [0.25, 0.3) is 5.69 Å². The highest BCUT2D eigenvalue weighted by Crippen LogP contribution is 2.28. The fraction of sp³-hybridized carbons (Fsp3) is 0.333. The van der Waals surface area contributed by atoms with Gasteiger partial charge in [-0.15, -0.1) is 11.3 Å².